The predicted octanol–water partition coefficient (Wildman–Crippen LogP) is 0.810. The highest BCUT2D eigenvalue weighted by molar-refractivity contribution is 5.80. The first-order valence-corrected chi connectivity index (χ1v) is 6.28. The molecule has 1 saturated heterocycles. The number of nitrogens with zero attached hydrogens (tertiary/aromatic N) is 3. The number of aromatic nitrogens is 2. The highest BCUT2D eigenvalue weighted by atomic mass is 16.6. The van der Waals surface area contributed by atoms with Crippen LogP contribution >= 0.6 is 0 Å². The van der Waals surface area contributed by atoms with Crippen molar-refractivity contribution in [1.82, 2.24) is 15.1 Å². The molecule has 0 aliphatic carbocycles. The Labute approximate surface area is 110 Å². The van der Waals surface area contributed by atoms with E-state index in [0.29, 0.717) is 31.0 Å². The number of aryl methyl sites for hydroxylation is 2. The fourth-order valence-electron chi connectivity index (χ4n) is 2.21. The summed E-state index contributed by atoms with van der Waals surface area (Å²) in [6.45, 7) is 4.68. The van der Waals surface area contributed by atoms with Gasteiger partial charge in [-0.05, 0) is 13.3 Å². The van der Waals surface area contributed by atoms with Gasteiger partial charge in [0.05, 0.1) is 11.0 Å². The molecule has 1 fully saturated rings. The van der Waals surface area contributed by atoms with Gasteiger partial charge < -0.3 is 10.6 Å². The van der Waals surface area contributed by atoms with Crippen LogP contribution in [-0.2, 0) is 11.3 Å². The molecule has 1 atom stereocenters. The number of rotatable bonds is 5. The molecular weight excluding hydrogens is 250 g/mol. The molecule has 1 unspecified atom stereocenters. The molecule has 2 N–H and O–H groups in total. The minimum Gasteiger partial charge on any atom is -0.359 e. The van der Waals surface area contributed by atoms with Crippen molar-refractivity contribution in [2.24, 2.45) is 0 Å². The van der Waals surface area contributed by atoms with Gasteiger partial charge in [-0.25, -0.2) is 4.68 Å². The van der Waals surface area contributed by atoms with Crippen molar-refractivity contribution in [1.29, 1.82) is 0 Å². The van der Waals surface area contributed by atoms with E-state index in [1.165, 1.54) is 0 Å². The Hall–Kier alpha value is -2.12. The van der Waals surface area contributed by atoms with Crippen LogP contribution in [0, 0.1) is 17.0 Å². The van der Waals surface area contributed by atoms with Crippen molar-refractivity contribution in [3.05, 3.63) is 15.8 Å². The van der Waals surface area contributed by atoms with E-state index in [0.717, 1.165) is 6.42 Å². The number of nitrogens with one attached hydrogen (secondary N) is 2. The predicted molar refractivity (Wildman–Crippen MR) is 68.9 cm³/mol. The molecule has 0 aromatic carbocycles. The van der Waals surface area contributed by atoms with E-state index in [-0.39, 0.29) is 17.6 Å². The van der Waals surface area contributed by atoms with Crippen molar-refractivity contribution >= 4 is 17.4 Å². The van der Waals surface area contributed by atoms with Gasteiger partial charge in [0.2, 0.25) is 11.7 Å². The van der Waals surface area contributed by atoms with Gasteiger partial charge in [-0.1, -0.05) is 6.92 Å². The molecule has 1 aliphatic heterocycles. The van der Waals surface area contributed by atoms with Gasteiger partial charge in [0.15, 0.2) is 0 Å². The van der Waals surface area contributed by atoms with Crippen molar-refractivity contribution in [2.75, 3.05) is 11.9 Å². The molecule has 1 aliphatic rings. The van der Waals surface area contributed by atoms with Crippen molar-refractivity contribution in [3.63, 3.8) is 0 Å². The van der Waals surface area contributed by atoms with E-state index in [9.17, 15) is 14.9 Å². The van der Waals surface area contributed by atoms with Gasteiger partial charge in [-0.15, -0.1) is 0 Å². The molecule has 8 heteroatoms. The van der Waals surface area contributed by atoms with Gasteiger partial charge in [0, 0.05) is 19.5 Å². The summed E-state index contributed by atoms with van der Waals surface area (Å²) in [6.07, 6.45) is 1.16. The first-order chi connectivity index (χ1) is 9.02. The Kier molecular flexibility index (Phi) is 3.68. The number of carbonyl (C=O) groups is 1. The first kappa shape index (κ1) is 13.3. The number of carbonyl (C=O) groups excluding carboxylic acids is 1. The Morgan fingerprint density at radius 3 is 2.89 bits per heavy atom. The number of amides is 1. The molecule has 0 bridgehead atoms. The van der Waals surface area contributed by atoms with Crippen LogP contribution in [0.25, 0.3) is 0 Å². The van der Waals surface area contributed by atoms with Crippen molar-refractivity contribution < 1.29 is 9.72 Å². The average Bonchev–Trinajstić information content (AvgIpc) is 2.85. The van der Waals surface area contributed by atoms with Crippen LogP contribution in [0.5, 0.6) is 0 Å². The smallest absolute Gasteiger partial charge is 0.333 e. The zero-order chi connectivity index (χ0) is 14.0. The highest BCUT2D eigenvalue weighted by Gasteiger charge is 2.29. The Balaban J connectivity index is 2.29. The molecule has 1 amide bonds. The number of hydrogen-bond acceptors (Lipinski definition) is 5. The van der Waals surface area contributed by atoms with Crippen LogP contribution in [0.3, 0.4) is 0 Å². The topological polar surface area (TPSA) is 102 Å². The Morgan fingerprint density at radius 1 is 1.63 bits per heavy atom. The molecule has 1 aromatic heterocycles. The average molecular weight is 267 g/mol. The van der Waals surface area contributed by atoms with Gasteiger partial charge in [-0.3, -0.25) is 14.9 Å². The summed E-state index contributed by atoms with van der Waals surface area (Å²) in [5, 5.41) is 21.1. The van der Waals surface area contributed by atoms with Crippen LogP contribution in [-0.4, -0.2) is 33.2 Å². The largest absolute Gasteiger partial charge is 0.359 e. The third-order valence-corrected chi connectivity index (χ3v) is 3.03. The fourth-order valence-corrected chi connectivity index (χ4v) is 2.21. The number of nitro groups is 1. The minimum atomic E-state index is -0.430. The quantitative estimate of drug-likeness (QED) is 0.607. The monoisotopic (exact) mass is 267 g/mol. The van der Waals surface area contributed by atoms with E-state index in [2.05, 4.69) is 15.7 Å². The first-order valence-electron chi connectivity index (χ1n) is 6.28. The summed E-state index contributed by atoms with van der Waals surface area (Å²) < 4.78 is 1.61. The molecule has 2 rings (SSSR count). The summed E-state index contributed by atoms with van der Waals surface area (Å²) in [5.74, 6) is 0.351. The van der Waals surface area contributed by atoms with Gasteiger partial charge in [0.25, 0.3) is 0 Å². The van der Waals surface area contributed by atoms with E-state index < -0.39 is 4.92 Å². The molecule has 104 valence electrons. The normalized spacial score (nSPS) is 18.4. The lowest BCUT2D eigenvalue weighted by molar-refractivity contribution is -0.384. The van der Waals surface area contributed by atoms with E-state index in [1.54, 1.807) is 11.6 Å². The maximum absolute atomic E-state index is 11.2. The van der Waals surface area contributed by atoms with E-state index >= 15 is 0 Å². The molecule has 0 radical (unpaired) electrons. The lowest BCUT2D eigenvalue weighted by atomic mass is 10.2. The third-order valence-electron chi connectivity index (χ3n) is 3.03. The second-order valence-electron chi connectivity index (χ2n) is 4.61. The van der Waals surface area contributed by atoms with Crippen LogP contribution in [0.15, 0.2) is 0 Å². The zero-order valence-electron chi connectivity index (χ0n) is 11.0. The summed E-state index contributed by atoms with van der Waals surface area (Å²) >= 11 is 0. The van der Waals surface area contributed by atoms with Gasteiger partial charge in [-0.2, -0.15) is 5.10 Å². The lowest BCUT2D eigenvalue weighted by Gasteiger charge is -2.12. The SMILES string of the molecule is CCCn1nc(C)c([N+](=O)[O-])c1NC1CNC(=O)C1. The van der Waals surface area contributed by atoms with E-state index in [4.69, 9.17) is 0 Å². The maximum Gasteiger partial charge on any atom is 0.333 e. The fraction of sp³-hybridized carbons (Fsp3) is 0.636. The van der Waals surface area contributed by atoms with Crippen molar-refractivity contribution in [2.45, 2.75) is 39.3 Å². The van der Waals surface area contributed by atoms with Crippen LogP contribution in [0.4, 0.5) is 11.5 Å². The molecule has 19 heavy (non-hydrogen) atoms. The molecule has 0 spiro atoms. The third kappa shape index (κ3) is 2.67. The maximum atomic E-state index is 11.2. The highest BCUT2D eigenvalue weighted by Crippen LogP contribution is 2.29. The molecular formula is C11H17N5O3. The Bertz CT molecular complexity index is 511. The standard InChI is InChI=1S/C11H17N5O3/c1-3-4-15-11(10(16(18)19)7(2)14-15)13-8-5-9(17)12-6-8/h8,13H,3-6H2,1-2H3,(H,12,17). The summed E-state index contributed by atoms with van der Waals surface area (Å²) in [6, 6.07) is -0.127. The second kappa shape index (κ2) is 5.25. The van der Waals surface area contributed by atoms with Crippen LogP contribution in [0.2, 0.25) is 0 Å². The molecule has 1 aromatic rings. The van der Waals surface area contributed by atoms with Crippen molar-refractivity contribution in [3.8, 4) is 0 Å². The minimum absolute atomic E-state index is 0.00667. The molecule has 8 nitrogen and oxygen atoms in total. The lowest BCUT2D eigenvalue weighted by Crippen LogP contribution is -2.24. The second-order valence-corrected chi connectivity index (χ2v) is 4.61. The molecule has 2 heterocycles. The number of hydrogen-bond donors (Lipinski definition) is 2. The van der Waals surface area contributed by atoms with Gasteiger partial charge >= 0.3 is 5.69 Å². The summed E-state index contributed by atoms with van der Waals surface area (Å²) in [7, 11) is 0. The summed E-state index contributed by atoms with van der Waals surface area (Å²) in [5.41, 5.74) is 0.381. The molecule has 0 saturated carbocycles. The van der Waals surface area contributed by atoms with E-state index in [1.807, 2.05) is 6.92 Å². The van der Waals surface area contributed by atoms with Gasteiger partial charge in [0.1, 0.15) is 5.69 Å². The number of anilines is 1. The summed E-state index contributed by atoms with van der Waals surface area (Å²) in [4.78, 5) is 21.9. The zero-order valence-corrected chi connectivity index (χ0v) is 11.0. The van der Waals surface area contributed by atoms with Crippen LogP contribution in [0.1, 0.15) is 25.5 Å². The van der Waals surface area contributed by atoms with Crippen LogP contribution < -0.4 is 10.6 Å². The Morgan fingerprint density at radius 2 is 2.37 bits per heavy atom.